The molecule has 0 saturated heterocycles. The number of carbonyl (C=O) groups excluding carboxylic acids is 2. The number of halogens is 6. The highest BCUT2D eigenvalue weighted by Gasteiger charge is 2.32. The number of benzene rings is 3. The maximum atomic E-state index is 12.8. The third-order valence-corrected chi connectivity index (χ3v) is 10.6. The van der Waals surface area contributed by atoms with E-state index in [9.17, 15) is 55.5 Å². The molecule has 2 aromatic heterocycles. The summed E-state index contributed by atoms with van der Waals surface area (Å²) in [5.41, 5.74) is -1.46. The molecule has 0 saturated carbocycles. The lowest BCUT2D eigenvalue weighted by Crippen LogP contribution is -2.26. The van der Waals surface area contributed by atoms with Gasteiger partial charge in [0.15, 0.2) is 6.10 Å². The first-order chi connectivity index (χ1) is 32.8. The van der Waals surface area contributed by atoms with Gasteiger partial charge in [0.25, 0.3) is 26.6 Å². The molecule has 390 valence electrons. The number of esters is 2. The van der Waals surface area contributed by atoms with Gasteiger partial charge in [-0.15, -0.1) is 5.10 Å². The average molecular weight is 1130 g/mol. The van der Waals surface area contributed by atoms with E-state index in [0.717, 1.165) is 34.8 Å². The molecule has 0 spiro atoms. The number of nitrogens with zero attached hydrogens (tertiary/aromatic N) is 5. The predicted molar refractivity (Wildman–Crippen MR) is 252 cm³/mol. The van der Waals surface area contributed by atoms with Crippen LogP contribution >= 0.6 is 42.4 Å². The summed E-state index contributed by atoms with van der Waals surface area (Å²) in [6.07, 6.45) is -0.0672. The van der Waals surface area contributed by atoms with E-state index in [4.69, 9.17) is 68.5 Å². The summed E-state index contributed by atoms with van der Waals surface area (Å²) in [6.45, 7) is 4.06. The minimum atomic E-state index is -4.61. The van der Waals surface area contributed by atoms with Crippen LogP contribution in [0.1, 0.15) is 35.3 Å². The molecule has 0 aliphatic carbocycles. The van der Waals surface area contributed by atoms with Gasteiger partial charge in [-0.05, 0) is 67.6 Å². The summed E-state index contributed by atoms with van der Waals surface area (Å²) in [7, 11) is -5.08. The molecule has 5 rings (SSSR count). The summed E-state index contributed by atoms with van der Waals surface area (Å²) in [5, 5.41) is 24.6. The maximum absolute atomic E-state index is 12.8. The lowest BCUT2D eigenvalue weighted by molar-refractivity contribution is -0.385. The fourth-order valence-corrected chi connectivity index (χ4v) is 6.88. The number of carboxylic acid groups (broad SMARTS) is 1. The molecule has 32 heteroatoms. The molecule has 2 atom stereocenters. The molecule has 3 aromatic carbocycles. The Balaban J connectivity index is 0.000000387. The van der Waals surface area contributed by atoms with Crippen LogP contribution in [0.15, 0.2) is 59.8 Å². The van der Waals surface area contributed by atoms with Crippen molar-refractivity contribution >= 4 is 98.4 Å². The van der Waals surface area contributed by atoms with Crippen LogP contribution in [0.5, 0.6) is 23.3 Å². The lowest BCUT2D eigenvalue weighted by atomic mass is 10.1. The largest absolute Gasteiger partial charge is 0.778 e. The van der Waals surface area contributed by atoms with E-state index in [1.807, 2.05) is 5.32 Å². The van der Waals surface area contributed by atoms with Crippen LogP contribution < -0.4 is 29.1 Å². The number of rotatable bonds is 16. The number of carboxylic acids is 1. The van der Waals surface area contributed by atoms with Crippen molar-refractivity contribution in [1.29, 1.82) is 0 Å². The van der Waals surface area contributed by atoms with Gasteiger partial charge in [0.1, 0.15) is 24.7 Å². The van der Waals surface area contributed by atoms with Gasteiger partial charge in [-0.1, -0.05) is 40.9 Å². The van der Waals surface area contributed by atoms with Crippen molar-refractivity contribution in [3.63, 3.8) is 0 Å². The number of aryl methyl sites for hydroxylation is 1. The van der Waals surface area contributed by atoms with Crippen molar-refractivity contribution in [1.82, 2.24) is 24.9 Å². The third kappa shape index (κ3) is 19.8. The quantitative estimate of drug-likeness (QED) is 0.0274. The van der Waals surface area contributed by atoms with E-state index in [1.165, 1.54) is 33.3 Å². The van der Waals surface area contributed by atoms with Crippen molar-refractivity contribution in [2.24, 2.45) is 0 Å². The van der Waals surface area contributed by atoms with E-state index in [0.29, 0.717) is 22.5 Å². The maximum Gasteiger partial charge on any atom is 0.416 e. The second kappa shape index (κ2) is 27.2. The summed E-state index contributed by atoms with van der Waals surface area (Å²) in [5.74, 6) is -3.14. The molecular weight excluding hydrogens is 1080 g/mol. The summed E-state index contributed by atoms with van der Waals surface area (Å²) < 4.78 is 102. The van der Waals surface area contributed by atoms with E-state index < -0.39 is 87.5 Å². The average Bonchev–Trinajstić information content (AvgIpc) is 3.72. The topological polar surface area (TPSA) is 322 Å². The van der Waals surface area contributed by atoms with Gasteiger partial charge >= 0.3 is 24.1 Å². The number of nitro benzene ring substituents is 1. The molecule has 2 unspecified atom stereocenters. The zero-order chi connectivity index (χ0) is 54.2. The zero-order valence-electron chi connectivity index (χ0n) is 38.3. The van der Waals surface area contributed by atoms with Gasteiger partial charge in [0, 0.05) is 12.1 Å². The Hall–Kier alpha value is -5.71. The molecule has 4 N–H and O–H groups in total. The second-order valence-corrected chi connectivity index (χ2v) is 20.7. The smallest absolute Gasteiger partial charge is 0.416 e. The highest BCUT2D eigenvalue weighted by molar-refractivity contribution is 7.94. The SMILES string of the molecule is CCOC(=O)C(C)OC(=O)c1cc(Oc2ccc(C(F)(F)F)cc2Cl)ccc1[N+](=O)[O-].COc1cc(OC)n2nc(S(=O)(=O)Nc3c(Cl)ccc(C)c3Cl)nc2n1.C[S+](C)C.O=C(O)CNCP(=O)([O-])O. The number of sulfonamides is 1. The molecule has 71 heavy (non-hydrogen) atoms. The molecule has 0 aliphatic heterocycles. The van der Waals surface area contributed by atoms with Crippen molar-refractivity contribution in [2.75, 3.05) is 57.1 Å². The van der Waals surface area contributed by atoms with Crippen LogP contribution in [0, 0.1) is 17.0 Å². The minimum absolute atomic E-state index is 0.0111. The van der Waals surface area contributed by atoms with Crippen LogP contribution in [0.3, 0.4) is 0 Å². The summed E-state index contributed by atoms with van der Waals surface area (Å²) in [4.78, 5) is 70.1. The number of methoxy groups -OCH3 is 2. The second-order valence-electron chi connectivity index (χ2n) is 13.9. The Morgan fingerprint density at radius 1 is 1.00 bits per heavy atom. The van der Waals surface area contributed by atoms with E-state index in [-0.39, 0.29) is 56.4 Å². The molecular formula is C39H44Cl3F3N7O16PS2. The van der Waals surface area contributed by atoms with Crippen molar-refractivity contribution < 1.29 is 84.0 Å². The molecule has 5 aromatic rings. The number of aliphatic carboxylic acids is 1. The van der Waals surface area contributed by atoms with Crippen molar-refractivity contribution in [2.45, 2.75) is 38.2 Å². The number of anilines is 1. The number of aromatic nitrogens is 4. The Kier molecular flexibility index (Phi) is 23.5. The van der Waals surface area contributed by atoms with Crippen LogP contribution in [-0.2, 0) is 50.7 Å². The standard InChI is InChI=1S/C19H15ClF3NO7.C14H13Cl2N5O4S.C3H8NO5P.C3H9S/c1-3-29-17(25)10(2)30-18(26)13-9-12(5-6-15(13)24(27)28)31-16-7-4-11(8-14(16)20)19(21,22)23;1-7-4-5-8(15)12(11(7)16)20-26(22,23)14-18-13-17-9(24-2)6-10(25-3)21(13)19-14;5-3(6)1-4-2-10(7,8)9;1-4(2)3/h4-10H,3H2,1-2H3;4-6,20H,1-3H3;4H,1-2H2,(H,5,6)(H2,7,8,9);1-3H3/q;;;+1/p-1. The summed E-state index contributed by atoms with van der Waals surface area (Å²) in [6, 6.07) is 10.0. The third-order valence-electron chi connectivity index (χ3n) is 7.78. The van der Waals surface area contributed by atoms with E-state index in [2.05, 4.69) is 38.6 Å². The monoisotopic (exact) mass is 1120 g/mol. The number of alkyl halides is 3. The number of fused-ring (bicyclic) bond motifs is 1. The predicted octanol–water partition coefficient (Wildman–Crippen LogP) is 6.38. The normalized spacial score (nSPS) is 12.3. The van der Waals surface area contributed by atoms with Gasteiger partial charge < -0.3 is 43.1 Å². The first-order valence-corrected chi connectivity index (χ1v) is 26.2. The first-order valence-electron chi connectivity index (χ1n) is 19.3. The Morgan fingerprint density at radius 2 is 1.63 bits per heavy atom. The molecule has 23 nitrogen and oxygen atoms in total. The Morgan fingerprint density at radius 3 is 2.15 bits per heavy atom. The molecule has 0 bridgehead atoms. The van der Waals surface area contributed by atoms with Gasteiger partial charge in [-0.25, -0.2) is 9.59 Å². The number of carbonyl (C=O) groups is 3. The Labute approximate surface area is 420 Å². The lowest BCUT2D eigenvalue weighted by Gasteiger charge is -2.14. The molecule has 0 radical (unpaired) electrons. The van der Waals surface area contributed by atoms with Gasteiger partial charge in [-0.2, -0.15) is 36.1 Å². The van der Waals surface area contributed by atoms with Crippen LogP contribution in [0.4, 0.5) is 24.5 Å². The van der Waals surface area contributed by atoms with Crippen LogP contribution in [0.2, 0.25) is 15.1 Å². The first kappa shape index (κ1) is 61.4. The number of nitro groups is 1. The number of nitrogens with one attached hydrogen (secondary N) is 2. The van der Waals surface area contributed by atoms with E-state index in [1.54, 1.807) is 19.9 Å². The molecule has 0 fully saturated rings. The number of hydrogen-bond donors (Lipinski definition) is 4. The van der Waals surface area contributed by atoms with Crippen molar-refractivity contribution in [3.05, 3.63) is 96.5 Å². The Bertz CT molecular complexity index is 2860. The van der Waals surface area contributed by atoms with Crippen LogP contribution in [0.25, 0.3) is 5.78 Å². The highest BCUT2D eigenvalue weighted by atomic mass is 35.5. The van der Waals surface area contributed by atoms with Crippen molar-refractivity contribution in [3.8, 4) is 23.3 Å². The van der Waals surface area contributed by atoms with Gasteiger partial charge in [-0.3, -0.25) is 24.9 Å². The fraction of sp³-hybridized carbons (Fsp3) is 0.333. The van der Waals surface area contributed by atoms with Gasteiger partial charge in [0.05, 0.1) is 89.7 Å². The minimum Gasteiger partial charge on any atom is -0.778 e. The highest BCUT2D eigenvalue weighted by Crippen LogP contribution is 2.38. The zero-order valence-corrected chi connectivity index (χ0v) is 43.1. The fourth-order valence-electron chi connectivity index (χ4n) is 4.72. The van der Waals surface area contributed by atoms with Gasteiger partial charge in [0.2, 0.25) is 11.8 Å². The molecule has 2 heterocycles. The number of hydrogen-bond acceptors (Lipinski definition) is 18. The number of ether oxygens (including phenoxy) is 5. The summed E-state index contributed by atoms with van der Waals surface area (Å²) >= 11 is 18.0. The van der Waals surface area contributed by atoms with E-state index >= 15 is 0 Å². The molecule has 0 aliphatic rings. The van der Waals surface area contributed by atoms with Crippen LogP contribution in [-0.4, -0.2) is 119 Å². The molecule has 0 amide bonds.